The van der Waals surface area contributed by atoms with Crippen molar-refractivity contribution in [2.75, 3.05) is 0 Å². The van der Waals surface area contributed by atoms with Crippen molar-refractivity contribution in [2.24, 2.45) is 0 Å². The summed E-state index contributed by atoms with van der Waals surface area (Å²) >= 11 is 1.30. The van der Waals surface area contributed by atoms with Crippen molar-refractivity contribution < 1.29 is 13.9 Å². The number of hydrogen-bond donors (Lipinski definition) is 1. The second-order valence-electron chi connectivity index (χ2n) is 3.88. The summed E-state index contributed by atoms with van der Waals surface area (Å²) in [7, 11) is 0. The molecule has 0 bridgehead atoms. The predicted molar refractivity (Wildman–Crippen MR) is 67.6 cm³/mol. The van der Waals surface area contributed by atoms with E-state index in [2.05, 4.69) is 0 Å². The molecule has 4 heteroatoms. The number of hydrogen-bond acceptors (Lipinski definition) is 2. The van der Waals surface area contributed by atoms with Gasteiger partial charge in [-0.3, -0.25) is 0 Å². The van der Waals surface area contributed by atoms with Gasteiger partial charge in [-0.2, -0.15) is 0 Å². The molecule has 2 rings (SSSR count). The minimum atomic E-state index is -0.880. The first kappa shape index (κ1) is 13.1. The molecule has 2 aromatic carbocycles. The van der Waals surface area contributed by atoms with Crippen LogP contribution in [0.3, 0.4) is 0 Å². The minimum Gasteiger partial charge on any atom is -0.389 e. The Hall–Kier alpha value is -1.39. The van der Waals surface area contributed by atoms with Crippen LogP contribution in [0.1, 0.15) is 18.6 Å². The van der Waals surface area contributed by atoms with Crippen molar-refractivity contribution in [1.82, 2.24) is 0 Å². The number of benzene rings is 2. The van der Waals surface area contributed by atoms with Gasteiger partial charge in [0.05, 0.1) is 6.10 Å². The summed E-state index contributed by atoms with van der Waals surface area (Å²) in [6, 6.07) is 10.6. The van der Waals surface area contributed by atoms with Gasteiger partial charge in [0, 0.05) is 15.4 Å². The molecular formula is C14H12F2OS. The molecule has 0 unspecified atom stereocenters. The molecule has 1 N–H and O–H groups in total. The molecule has 0 spiro atoms. The van der Waals surface area contributed by atoms with Crippen LogP contribution in [0, 0.1) is 11.6 Å². The van der Waals surface area contributed by atoms with Gasteiger partial charge in [0.2, 0.25) is 0 Å². The highest BCUT2D eigenvalue weighted by atomic mass is 32.2. The molecule has 1 nitrogen and oxygen atoms in total. The Bertz CT molecular complexity index is 538. The summed E-state index contributed by atoms with van der Waals surface area (Å²) in [6.45, 7) is 1.52. The van der Waals surface area contributed by atoms with E-state index in [1.165, 1.54) is 36.9 Å². The molecule has 0 aliphatic carbocycles. The maximum Gasteiger partial charge on any atom is 0.130 e. The molecule has 1 atom stereocenters. The molecule has 2 aromatic rings. The lowest BCUT2D eigenvalue weighted by molar-refractivity contribution is 0.191. The topological polar surface area (TPSA) is 20.2 Å². The van der Waals surface area contributed by atoms with Crippen LogP contribution >= 0.6 is 11.8 Å². The Morgan fingerprint density at radius 2 is 1.72 bits per heavy atom. The quantitative estimate of drug-likeness (QED) is 0.899. The van der Waals surface area contributed by atoms with E-state index in [-0.39, 0.29) is 11.4 Å². The summed E-state index contributed by atoms with van der Waals surface area (Å²) in [5.74, 6) is -0.744. The lowest BCUT2D eigenvalue weighted by Gasteiger charge is -2.12. The van der Waals surface area contributed by atoms with Gasteiger partial charge in [-0.25, -0.2) is 8.78 Å². The van der Waals surface area contributed by atoms with Crippen molar-refractivity contribution in [3.8, 4) is 0 Å². The number of aliphatic hydroxyl groups excluding tert-OH is 1. The molecule has 0 aliphatic rings. The fourth-order valence-corrected chi connectivity index (χ4v) is 2.69. The zero-order chi connectivity index (χ0) is 13.1. The van der Waals surface area contributed by atoms with E-state index in [9.17, 15) is 13.9 Å². The first-order valence-corrected chi connectivity index (χ1v) is 6.29. The first-order chi connectivity index (χ1) is 8.58. The van der Waals surface area contributed by atoms with E-state index in [0.29, 0.717) is 4.90 Å². The van der Waals surface area contributed by atoms with E-state index >= 15 is 0 Å². The summed E-state index contributed by atoms with van der Waals surface area (Å²) in [5, 5.41) is 9.59. The lowest BCUT2D eigenvalue weighted by Crippen LogP contribution is -1.98. The Balaban J connectivity index is 2.34. The van der Waals surface area contributed by atoms with Crippen LogP contribution in [0.2, 0.25) is 0 Å². The highest BCUT2D eigenvalue weighted by Gasteiger charge is 2.14. The third-order valence-corrected chi connectivity index (χ3v) is 3.56. The lowest BCUT2D eigenvalue weighted by atomic mass is 10.1. The molecule has 94 valence electrons. The maximum absolute atomic E-state index is 13.6. The molecule has 0 aromatic heterocycles. The number of aliphatic hydroxyl groups is 1. The minimum absolute atomic E-state index is 0.270. The molecule has 0 radical (unpaired) electrons. The van der Waals surface area contributed by atoms with E-state index in [4.69, 9.17) is 0 Å². The molecule has 0 heterocycles. The van der Waals surface area contributed by atoms with Crippen molar-refractivity contribution in [3.05, 3.63) is 59.7 Å². The standard InChI is InChI=1S/C14H12F2OS/c1-9(17)14-12(16)3-2-4-13(14)18-11-7-5-10(15)6-8-11/h2-9,17H,1H3/t9-/m1/s1. The zero-order valence-electron chi connectivity index (χ0n) is 9.73. The molecule has 0 fully saturated rings. The van der Waals surface area contributed by atoms with Crippen molar-refractivity contribution in [1.29, 1.82) is 0 Å². The zero-order valence-corrected chi connectivity index (χ0v) is 10.5. The van der Waals surface area contributed by atoms with Gasteiger partial charge in [-0.1, -0.05) is 17.8 Å². The Morgan fingerprint density at radius 1 is 1.06 bits per heavy atom. The van der Waals surface area contributed by atoms with Gasteiger partial charge in [0.1, 0.15) is 11.6 Å². The molecule has 0 saturated carbocycles. The highest BCUT2D eigenvalue weighted by Crippen LogP contribution is 2.34. The van der Waals surface area contributed by atoms with E-state index < -0.39 is 11.9 Å². The highest BCUT2D eigenvalue weighted by molar-refractivity contribution is 7.99. The van der Waals surface area contributed by atoms with E-state index in [1.54, 1.807) is 24.3 Å². The number of rotatable bonds is 3. The smallest absolute Gasteiger partial charge is 0.130 e. The average molecular weight is 266 g/mol. The van der Waals surface area contributed by atoms with Crippen LogP contribution in [-0.4, -0.2) is 5.11 Å². The van der Waals surface area contributed by atoms with Gasteiger partial charge in [0.25, 0.3) is 0 Å². The summed E-state index contributed by atoms with van der Waals surface area (Å²) < 4.78 is 26.4. The third kappa shape index (κ3) is 2.89. The normalized spacial score (nSPS) is 12.4. The molecule has 18 heavy (non-hydrogen) atoms. The summed E-state index contributed by atoms with van der Waals surface area (Å²) in [6.07, 6.45) is -0.880. The van der Waals surface area contributed by atoms with Gasteiger partial charge in [-0.05, 0) is 43.3 Å². The monoisotopic (exact) mass is 266 g/mol. The van der Waals surface area contributed by atoms with Crippen LogP contribution in [0.15, 0.2) is 52.3 Å². The van der Waals surface area contributed by atoms with Crippen molar-refractivity contribution in [3.63, 3.8) is 0 Å². The van der Waals surface area contributed by atoms with Crippen LogP contribution in [-0.2, 0) is 0 Å². The fraction of sp³-hybridized carbons (Fsp3) is 0.143. The van der Waals surface area contributed by atoms with Gasteiger partial charge in [0.15, 0.2) is 0 Å². The largest absolute Gasteiger partial charge is 0.389 e. The summed E-state index contributed by atoms with van der Waals surface area (Å²) in [5.41, 5.74) is 0.270. The molecule has 0 aliphatic heterocycles. The predicted octanol–water partition coefficient (Wildman–Crippen LogP) is 4.17. The van der Waals surface area contributed by atoms with E-state index in [1.807, 2.05) is 0 Å². The SMILES string of the molecule is C[C@@H](O)c1c(F)cccc1Sc1ccc(F)cc1. The van der Waals surface area contributed by atoms with Crippen molar-refractivity contribution >= 4 is 11.8 Å². The molecule has 0 amide bonds. The van der Waals surface area contributed by atoms with Crippen molar-refractivity contribution in [2.45, 2.75) is 22.8 Å². The van der Waals surface area contributed by atoms with Crippen LogP contribution in [0.5, 0.6) is 0 Å². The summed E-state index contributed by atoms with van der Waals surface area (Å²) in [4.78, 5) is 1.43. The number of halogens is 2. The maximum atomic E-state index is 13.6. The first-order valence-electron chi connectivity index (χ1n) is 5.48. The van der Waals surface area contributed by atoms with Crippen LogP contribution in [0.4, 0.5) is 8.78 Å². The van der Waals surface area contributed by atoms with Crippen LogP contribution < -0.4 is 0 Å². The van der Waals surface area contributed by atoms with Gasteiger partial charge >= 0.3 is 0 Å². The molecule has 0 saturated heterocycles. The average Bonchev–Trinajstić information content (AvgIpc) is 2.32. The Labute approximate surface area is 108 Å². The second-order valence-corrected chi connectivity index (χ2v) is 5.00. The van der Waals surface area contributed by atoms with Crippen LogP contribution in [0.25, 0.3) is 0 Å². The third-order valence-electron chi connectivity index (χ3n) is 2.47. The second kappa shape index (κ2) is 5.50. The molecular weight excluding hydrogens is 254 g/mol. The fourth-order valence-electron chi connectivity index (χ4n) is 1.64. The van der Waals surface area contributed by atoms with E-state index in [0.717, 1.165) is 4.90 Å². The van der Waals surface area contributed by atoms with Gasteiger partial charge in [-0.15, -0.1) is 0 Å². The Kier molecular flexibility index (Phi) is 3.99. The Morgan fingerprint density at radius 3 is 2.33 bits per heavy atom. The van der Waals surface area contributed by atoms with Gasteiger partial charge < -0.3 is 5.11 Å².